The fraction of sp³-hybridized carbons (Fsp3) is 0.125. The highest BCUT2D eigenvalue weighted by molar-refractivity contribution is 9.10. The average Bonchev–Trinajstić information content (AvgIpc) is 2.49. The highest BCUT2D eigenvalue weighted by Gasteiger charge is 2.22. The second kappa shape index (κ2) is 7.17. The van der Waals surface area contributed by atoms with E-state index in [1.165, 1.54) is 18.2 Å². The van der Waals surface area contributed by atoms with Gasteiger partial charge in [-0.3, -0.25) is 4.79 Å². The summed E-state index contributed by atoms with van der Waals surface area (Å²) in [4.78, 5) is 23.3. The summed E-state index contributed by atoms with van der Waals surface area (Å²) in [6.07, 6.45) is 0.114. The predicted octanol–water partition coefficient (Wildman–Crippen LogP) is 3.01. The van der Waals surface area contributed by atoms with Crippen molar-refractivity contribution in [1.82, 2.24) is 5.32 Å². The minimum Gasteiger partial charge on any atom is -0.480 e. The predicted molar refractivity (Wildman–Crippen MR) is 83.1 cm³/mol. The third-order valence-electron chi connectivity index (χ3n) is 3.07. The fourth-order valence-corrected chi connectivity index (χ4v) is 2.20. The molecule has 2 N–H and O–H groups in total. The lowest BCUT2D eigenvalue weighted by Crippen LogP contribution is -2.42. The summed E-state index contributed by atoms with van der Waals surface area (Å²) in [5, 5.41) is 11.6. The van der Waals surface area contributed by atoms with Crippen LogP contribution in [-0.4, -0.2) is 23.0 Å². The van der Waals surface area contributed by atoms with Gasteiger partial charge in [-0.15, -0.1) is 0 Å². The van der Waals surface area contributed by atoms with Gasteiger partial charge < -0.3 is 10.4 Å². The van der Waals surface area contributed by atoms with Crippen molar-refractivity contribution in [3.05, 3.63) is 69.9 Å². The van der Waals surface area contributed by atoms with E-state index >= 15 is 0 Å². The van der Waals surface area contributed by atoms with E-state index in [1.807, 2.05) is 0 Å². The van der Waals surface area contributed by atoms with E-state index < -0.39 is 23.7 Å². The smallest absolute Gasteiger partial charge is 0.326 e. The van der Waals surface area contributed by atoms with Crippen molar-refractivity contribution >= 4 is 27.8 Å². The Morgan fingerprint density at radius 1 is 1.14 bits per heavy atom. The van der Waals surface area contributed by atoms with Gasteiger partial charge in [0.25, 0.3) is 5.91 Å². The molecule has 0 bridgehead atoms. The Labute approximate surface area is 135 Å². The molecule has 114 valence electrons. The molecular weight excluding hydrogens is 353 g/mol. The van der Waals surface area contributed by atoms with Gasteiger partial charge in [0, 0.05) is 10.9 Å². The van der Waals surface area contributed by atoms with Gasteiger partial charge in [0.05, 0.1) is 5.56 Å². The summed E-state index contributed by atoms with van der Waals surface area (Å²) in [6.45, 7) is 0. The molecule has 0 spiro atoms. The lowest BCUT2D eigenvalue weighted by atomic mass is 10.1. The third-order valence-corrected chi connectivity index (χ3v) is 3.60. The van der Waals surface area contributed by atoms with Crippen LogP contribution < -0.4 is 5.32 Å². The quantitative estimate of drug-likeness (QED) is 0.855. The van der Waals surface area contributed by atoms with Crippen molar-refractivity contribution in [2.45, 2.75) is 12.5 Å². The zero-order valence-corrected chi connectivity index (χ0v) is 13.0. The van der Waals surface area contributed by atoms with Crippen LogP contribution in [0.2, 0.25) is 0 Å². The highest BCUT2D eigenvalue weighted by Crippen LogP contribution is 2.13. The normalized spacial score (nSPS) is 11.7. The van der Waals surface area contributed by atoms with Crippen molar-refractivity contribution in [3.63, 3.8) is 0 Å². The van der Waals surface area contributed by atoms with Gasteiger partial charge in [-0.2, -0.15) is 0 Å². The van der Waals surface area contributed by atoms with Crippen molar-refractivity contribution in [2.75, 3.05) is 0 Å². The maximum atomic E-state index is 13.5. The highest BCUT2D eigenvalue weighted by atomic mass is 79.9. The van der Waals surface area contributed by atoms with E-state index in [2.05, 4.69) is 21.2 Å². The standard InChI is InChI=1S/C16H13BrFNO3/c17-11-7-5-10(6-8-11)9-14(16(21)22)19-15(20)12-3-1-2-4-13(12)18/h1-8,14H,9H2,(H,19,20)(H,21,22)/t14-/m0/s1. The Balaban J connectivity index is 2.12. The number of carboxylic acid groups (broad SMARTS) is 1. The third kappa shape index (κ3) is 4.14. The van der Waals surface area contributed by atoms with Crippen LogP contribution in [0.3, 0.4) is 0 Å². The van der Waals surface area contributed by atoms with Gasteiger partial charge in [-0.1, -0.05) is 40.2 Å². The lowest BCUT2D eigenvalue weighted by Gasteiger charge is -2.15. The Hall–Kier alpha value is -2.21. The van der Waals surface area contributed by atoms with Gasteiger partial charge in [-0.25, -0.2) is 9.18 Å². The monoisotopic (exact) mass is 365 g/mol. The van der Waals surface area contributed by atoms with Gasteiger partial charge in [0.1, 0.15) is 11.9 Å². The minimum absolute atomic E-state index is 0.114. The van der Waals surface area contributed by atoms with E-state index in [0.29, 0.717) is 0 Å². The summed E-state index contributed by atoms with van der Waals surface area (Å²) in [7, 11) is 0. The number of nitrogens with one attached hydrogen (secondary N) is 1. The van der Waals surface area contributed by atoms with Crippen LogP contribution in [0.25, 0.3) is 0 Å². The van der Waals surface area contributed by atoms with E-state index in [1.54, 1.807) is 24.3 Å². The Kier molecular flexibility index (Phi) is 5.27. The number of aliphatic carboxylic acids is 1. The van der Waals surface area contributed by atoms with Crippen LogP contribution in [0.1, 0.15) is 15.9 Å². The molecule has 0 aliphatic rings. The number of amides is 1. The molecular formula is C16H13BrFNO3. The number of carbonyl (C=O) groups is 2. The molecule has 2 aromatic carbocycles. The molecule has 0 aromatic heterocycles. The van der Waals surface area contributed by atoms with Crippen molar-refractivity contribution in [1.29, 1.82) is 0 Å². The molecule has 1 amide bonds. The second-order valence-electron chi connectivity index (χ2n) is 4.67. The van der Waals surface area contributed by atoms with E-state index in [4.69, 9.17) is 0 Å². The molecule has 0 unspecified atom stereocenters. The fourth-order valence-electron chi connectivity index (χ4n) is 1.94. The van der Waals surface area contributed by atoms with Crippen LogP contribution >= 0.6 is 15.9 Å². The van der Waals surface area contributed by atoms with Crippen LogP contribution in [-0.2, 0) is 11.2 Å². The first kappa shape index (κ1) is 16.2. The van der Waals surface area contributed by atoms with Crippen molar-refractivity contribution < 1.29 is 19.1 Å². The molecule has 0 heterocycles. The zero-order valence-electron chi connectivity index (χ0n) is 11.4. The van der Waals surface area contributed by atoms with Gasteiger partial charge in [-0.05, 0) is 29.8 Å². The van der Waals surface area contributed by atoms with E-state index in [0.717, 1.165) is 16.1 Å². The lowest BCUT2D eigenvalue weighted by molar-refractivity contribution is -0.139. The Morgan fingerprint density at radius 2 is 1.77 bits per heavy atom. The van der Waals surface area contributed by atoms with Crippen LogP contribution in [0.15, 0.2) is 53.0 Å². The summed E-state index contributed by atoms with van der Waals surface area (Å²) in [5.41, 5.74) is 0.578. The van der Waals surface area contributed by atoms with Crippen LogP contribution in [0, 0.1) is 5.82 Å². The first-order valence-electron chi connectivity index (χ1n) is 6.50. The summed E-state index contributed by atoms with van der Waals surface area (Å²) in [5.74, 6) is -2.61. The first-order chi connectivity index (χ1) is 10.5. The van der Waals surface area contributed by atoms with Crippen molar-refractivity contribution in [2.24, 2.45) is 0 Å². The van der Waals surface area contributed by atoms with Gasteiger partial charge in [0.15, 0.2) is 0 Å². The van der Waals surface area contributed by atoms with E-state index in [9.17, 15) is 19.1 Å². The molecule has 0 aliphatic carbocycles. The van der Waals surface area contributed by atoms with Gasteiger partial charge in [0.2, 0.25) is 0 Å². The Bertz CT molecular complexity index is 688. The first-order valence-corrected chi connectivity index (χ1v) is 7.29. The number of benzene rings is 2. The van der Waals surface area contributed by atoms with Gasteiger partial charge >= 0.3 is 5.97 Å². The molecule has 0 saturated heterocycles. The molecule has 0 radical (unpaired) electrons. The molecule has 22 heavy (non-hydrogen) atoms. The average molecular weight is 366 g/mol. The van der Waals surface area contributed by atoms with Crippen molar-refractivity contribution in [3.8, 4) is 0 Å². The molecule has 6 heteroatoms. The molecule has 0 aliphatic heterocycles. The largest absolute Gasteiger partial charge is 0.480 e. The number of rotatable bonds is 5. The number of halogens is 2. The number of hydrogen-bond acceptors (Lipinski definition) is 2. The molecule has 0 saturated carbocycles. The molecule has 0 fully saturated rings. The maximum absolute atomic E-state index is 13.5. The zero-order chi connectivity index (χ0) is 16.1. The number of carboxylic acids is 1. The SMILES string of the molecule is O=C(N[C@@H](Cc1ccc(Br)cc1)C(=O)O)c1ccccc1F. The summed E-state index contributed by atoms with van der Waals surface area (Å²) in [6, 6.07) is 11.4. The topological polar surface area (TPSA) is 66.4 Å². The number of carbonyl (C=O) groups excluding carboxylic acids is 1. The number of hydrogen-bond donors (Lipinski definition) is 2. The summed E-state index contributed by atoms with van der Waals surface area (Å²) < 4.78 is 14.4. The van der Waals surface area contributed by atoms with E-state index in [-0.39, 0.29) is 12.0 Å². The molecule has 1 atom stereocenters. The summed E-state index contributed by atoms with van der Waals surface area (Å²) >= 11 is 3.29. The molecule has 2 aromatic rings. The Morgan fingerprint density at radius 3 is 2.36 bits per heavy atom. The molecule has 4 nitrogen and oxygen atoms in total. The molecule has 2 rings (SSSR count). The second-order valence-corrected chi connectivity index (χ2v) is 5.59. The van der Waals surface area contributed by atoms with Crippen LogP contribution in [0.5, 0.6) is 0 Å². The maximum Gasteiger partial charge on any atom is 0.326 e. The minimum atomic E-state index is -1.17. The van der Waals surface area contributed by atoms with Crippen LogP contribution in [0.4, 0.5) is 4.39 Å².